The molecule has 2 aromatic heterocycles. The van der Waals surface area contributed by atoms with Gasteiger partial charge in [0.2, 0.25) is 0 Å². The number of halogens is 1. The van der Waals surface area contributed by atoms with Gasteiger partial charge in [-0.1, -0.05) is 41.9 Å². The van der Waals surface area contributed by atoms with E-state index in [1.54, 1.807) is 23.1 Å². The van der Waals surface area contributed by atoms with Crippen LogP contribution in [0.2, 0.25) is 5.02 Å². The van der Waals surface area contributed by atoms with Gasteiger partial charge in [0, 0.05) is 23.5 Å². The number of pyridine rings is 1. The first-order chi connectivity index (χ1) is 10.2. The van der Waals surface area contributed by atoms with E-state index < -0.39 is 0 Å². The number of amidine groups is 1. The minimum Gasteiger partial charge on any atom is -0.384 e. The van der Waals surface area contributed by atoms with Gasteiger partial charge in [-0.2, -0.15) is 5.10 Å². The number of rotatable bonds is 3. The molecule has 6 heteroatoms. The number of aromatic nitrogens is 3. The average molecular weight is 298 g/mol. The van der Waals surface area contributed by atoms with Crippen molar-refractivity contribution in [2.24, 2.45) is 5.73 Å². The van der Waals surface area contributed by atoms with Crippen molar-refractivity contribution in [2.45, 2.75) is 0 Å². The summed E-state index contributed by atoms with van der Waals surface area (Å²) >= 11 is 6.25. The Morgan fingerprint density at radius 1 is 1.14 bits per heavy atom. The molecule has 0 radical (unpaired) electrons. The first-order valence-corrected chi connectivity index (χ1v) is 6.64. The third-order valence-electron chi connectivity index (χ3n) is 3.07. The first kappa shape index (κ1) is 13.3. The van der Waals surface area contributed by atoms with E-state index in [0.717, 1.165) is 11.1 Å². The number of hydrogen-bond donors (Lipinski definition) is 2. The lowest BCUT2D eigenvalue weighted by Crippen LogP contribution is -2.13. The fourth-order valence-corrected chi connectivity index (χ4v) is 2.32. The van der Waals surface area contributed by atoms with Crippen molar-refractivity contribution < 1.29 is 0 Å². The molecular formula is C15H12ClN5. The molecule has 2 heterocycles. The predicted octanol–water partition coefficient (Wildman–Crippen LogP) is 2.87. The van der Waals surface area contributed by atoms with Crippen LogP contribution in [0.5, 0.6) is 0 Å². The summed E-state index contributed by atoms with van der Waals surface area (Å²) in [5.74, 6) is 0.352. The second-order valence-electron chi connectivity index (χ2n) is 4.45. The van der Waals surface area contributed by atoms with Crippen molar-refractivity contribution in [2.75, 3.05) is 0 Å². The lowest BCUT2D eigenvalue weighted by Gasteiger charge is -2.07. The zero-order valence-corrected chi connectivity index (χ0v) is 11.7. The lowest BCUT2D eigenvalue weighted by molar-refractivity contribution is 0.846. The van der Waals surface area contributed by atoms with Crippen LogP contribution >= 0.6 is 11.6 Å². The van der Waals surface area contributed by atoms with Crippen molar-refractivity contribution >= 4 is 17.4 Å². The van der Waals surface area contributed by atoms with E-state index in [1.165, 1.54) is 0 Å². The largest absolute Gasteiger partial charge is 0.384 e. The van der Waals surface area contributed by atoms with E-state index in [2.05, 4.69) is 10.1 Å². The minimum absolute atomic E-state index is 0.0981. The highest BCUT2D eigenvalue weighted by molar-refractivity contribution is 6.35. The molecule has 21 heavy (non-hydrogen) atoms. The summed E-state index contributed by atoms with van der Waals surface area (Å²) < 4.78 is 1.58. The van der Waals surface area contributed by atoms with Crippen LogP contribution in [-0.2, 0) is 0 Å². The third-order valence-corrected chi connectivity index (χ3v) is 3.44. The zero-order chi connectivity index (χ0) is 14.8. The van der Waals surface area contributed by atoms with Gasteiger partial charge < -0.3 is 5.73 Å². The Hall–Kier alpha value is -2.66. The standard InChI is InChI=1S/C15H12ClN5/c16-13-12(14(17)18)6-7-19-15(13)21-9-11(8-20-21)10-4-2-1-3-5-10/h1-9H,(H3,17,18). The summed E-state index contributed by atoms with van der Waals surface area (Å²) in [7, 11) is 0. The topological polar surface area (TPSA) is 80.6 Å². The Kier molecular flexibility index (Phi) is 3.41. The maximum atomic E-state index is 7.51. The van der Waals surface area contributed by atoms with Crippen LogP contribution in [0.15, 0.2) is 55.0 Å². The average Bonchev–Trinajstić information content (AvgIpc) is 2.98. The molecule has 0 bridgehead atoms. The second-order valence-corrected chi connectivity index (χ2v) is 4.83. The highest BCUT2D eigenvalue weighted by atomic mass is 35.5. The number of benzene rings is 1. The molecule has 104 valence electrons. The molecule has 3 rings (SSSR count). The summed E-state index contributed by atoms with van der Waals surface area (Å²) in [6, 6.07) is 11.5. The monoisotopic (exact) mass is 297 g/mol. The van der Waals surface area contributed by atoms with Crippen molar-refractivity contribution in [3.8, 4) is 16.9 Å². The Labute approximate surface area is 126 Å². The van der Waals surface area contributed by atoms with Crippen LogP contribution in [0, 0.1) is 5.41 Å². The molecular weight excluding hydrogens is 286 g/mol. The van der Waals surface area contributed by atoms with Crippen LogP contribution in [-0.4, -0.2) is 20.6 Å². The maximum absolute atomic E-state index is 7.51. The molecule has 0 spiro atoms. The Bertz CT molecular complexity index is 795. The highest BCUT2D eigenvalue weighted by Crippen LogP contribution is 2.24. The van der Waals surface area contributed by atoms with E-state index in [4.69, 9.17) is 22.7 Å². The second kappa shape index (κ2) is 5.38. The van der Waals surface area contributed by atoms with Crippen molar-refractivity contribution in [1.29, 1.82) is 5.41 Å². The number of nitrogens with two attached hydrogens (primary N) is 1. The molecule has 0 aliphatic rings. The first-order valence-electron chi connectivity index (χ1n) is 6.26. The SMILES string of the molecule is N=C(N)c1ccnc(-n2cc(-c3ccccc3)cn2)c1Cl. The summed E-state index contributed by atoms with van der Waals surface area (Å²) in [6.45, 7) is 0. The lowest BCUT2D eigenvalue weighted by atomic mass is 10.1. The van der Waals surface area contributed by atoms with Gasteiger partial charge in [0.25, 0.3) is 0 Å². The Morgan fingerprint density at radius 3 is 2.62 bits per heavy atom. The van der Waals surface area contributed by atoms with Crippen molar-refractivity contribution in [1.82, 2.24) is 14.8 Å². The van der Waals surface area contributed by atoms with Crippen LogP contribution in [0.3, 0.4) is 0 Å². The molecule has 0 unspecified atom stereocenters. The predicted molar refractivity (Wildman–Crippen MR) is 82.8 cm³/mol. The summed E-state index contributed by atoms with van der Waals surface area (Å²) in [5.41, 5.74) is 7.96. The van der Waals surface area contributed by atoms with Gasteiger partial charge in [-0.15, -0.1) is 0 Å². The molecule has 1 aromatic carbocycles. The molecule has 0 amide bonds. The number of nitrogens with zero attached hydrogens (tertiary/aromatic N) is 3. The quantitative estimate of drug-likeness (QED) is 0.576. The fourth-order valence-electron chi connectivity index (χ4n) is 2.02. The molecule has 0 aliphatic carbocycles. The summed E-state index contributed by atoms with van der Waals surface area (Å²) in [4.78, 5) is 4.21. The minimum atomic E-state index is -0.0981. The van der Waals surface area contributed by atoms with Gasteiger partial charge >= 0.3 is 0 Å². The number of nitrogen functional groups attached to an aromatic ring is 1. The molecule has 5 nitrogen and oxygen atoms in total. The van der Waals surface area contributed by atoms with Crippen LogP contribution < -0.4 is 5.73 Å². The smallest absolute Gasteiger partial charge is 0.172 e. The molecule has 0 aliphatic heterocycles. The van der Waals surface area contributed by atoms with E-state index in [1.807, 2.05) is 36.5 Å². The van der Waals surface area contributed by atoms with Crippen LogP contribution in [0.1, 0.15) is 5.56 Å². The van der Waals surface area contributed by atoms with Crippen LogP contribution in [0.25, 0.3) is 16.9 Å². The number of hydrogen-bond acceptors (Lipinski definition) is 3. The molecule has 0 fully saturated rings. The van der Waals surface area contributed by atoms with Gasteiger partial charge in [-0.25, -0.2) is 9.67 Å². The third kappa shape index (κ3) is 2.51. The van der Waals surface area contributed by atoms with Crippen molar-refractivity contribution in [3.63, 3.8) is 0 Å². The van der Waals surface area contributed by atoms with E-state index in [-0.39, 0.29) is 5.84 Å². The maximum Gasteiger partial charge on any atom is 0.172 e. The molecule has 3 aromatic rings. The van der Waals surface area contributed by atoms with Gasteiger partial charge in [-0.3, -0.25) is 5.41 Å². The van der Waals surface area contributed by atoms with E-state index >= 15 is 0 Å². The molecule has 0 saturated carbocycles. The van der Waals surface area contributed by atoms with Gasteiger partial charge in [-0.05, 0) is 11.6 Å². The fraction of sp³-hybridized carbons (Fsp3) is 0. The molecule has 3 N–H and O–H groups in total. The highest BCUT2D eigenvalue weighted by Gasteiger charge is 2.12. The normalized spacial score (nSPS) is 10.5. The van der Waals surface area contributed by atoms with Crippen LogP contribution in [0.4, 0.5) is 0 Å². The summed E-state index contributed by atoms with van der Waals surface area (Å²) in [5, 5.41) is 12.1. The van der Waals surface area contributed by atoms with Gasteiger partial charge in [0.05, 0.1) is 11.2 Å². The van der Waals surface area contributed by atoms with E-state index in [9.17, 15) is 0 Å². The van der Waals surface area contributed by atoms with Gasteiger partial charge in [0.15, 0.2) is 5.82 Å². The van der Waals surface area contributed by atoms with E-state index in [0.29, 0.717) is 16.4 Å². The molecule has 0 atom stereocenters. The Balaban J connectivity index is 2.05. The van der Waals surface area contributed by atoms with Crippen molar-refractivity contribution in [3.05, 3.63) is 65.6 Å². The summed E-state index contributed by atoms with van der Waals surface area (Å²) in [6.07, 6.45) is 5.14. The molecule has 0 saturated heterocycles. The number of nitrogens with one attached hydrogen (secondary N) is 1. The van der Waals surface area contributed by atoms with Gasteiger partial charge in [0.1, 0.15) is 5.84 Å². The zero-order valence-electron chi connectivity index (χ0n) is 11.0. The Morgan fingerprint density at radius 2 is 1.90 bits per heavy atom.